The zero-order valence-electron chi connectivity index (χ0n) is 9.77. The Balaban J connectivity index is 2.53. The minimum Gasteiger partial charge on any atom is -0.465 e. The van der Waals surface area contributed by atoms with Gasteiger partial charge in [-0.15, -0.1) is 0 Å². The third kappa shape index (κ3) is 2.48. The lowest BCUT2D eigenvalue weighted by atomic mass is 10.0. The smallest absolute Gasteiger partial charge is 0.409 e. The van der Waals surface area contributed by atoms with E-state index in [2.05, 4.69) is 5.32 Å². The van der Waals surface area contributed by atoms with E-state index in [0.717, 1.165) is 16.7 Å². The number of aryl methyl sites for hydroxylation is 1. The van der Waals surface area contributed by atoms with Crippen LogP contribution in [0.25, 0.3) is 11.1 Å². The van der Waals surface area contributed by atoms with Gasteiger partial charge in [0.05, 0.1) is 5.69 Å². The summed E-state index contributed by atoms with van der Waals surface area (Å²) in [6, 6.07) is 11.4. The van der Waals surface area contributed by atoms with Crippen LogP contribution >= 0.6 is 0 Å². The average Bonchev–Trinajstić information content (AvgIpc) is 2.32. The molecule has 0 bridgehead atoms. The third-order valence-electron chi connectivity index (χ3n) is 2.66. The fourth-order valence-electron chi connectivity index (χ4n) is 1.81. The Bertz CT molecular complexity index is 579. The van der Waals surface area contributed by atoms with E-state index in [1.807, 2.05) is 19.1 Å². The van der Waals surface area contributed by atoms with Crippen molar-refractivity contribution in [3.8, 4) is 11.1 Å². The van der Waals surface area contributed by atoms with Gasteiger partial charge in [-0.25, -0.2) is 9.18 Å². The van der Waals surface area contributed by atoms with Gasteiger partial charge in [0, 0.05) is 5.56 Å². The number of carbonyl (C=O) groups is 1. The molecule has 0 aliphatic rings. The van der Waals surface area contributed by atoms with Crippen molar-refractivity contribution in [1.29, 1.82) is 0 Å². The Morgan fingerprint density at radius 1 is 1.17 bits per heavy atom. The van der Waals surface area contributed by atoms with Gasteiger partial charge in [-0.05, 0) is 30.2 Å². The SMILES string of the molecule is Cc1cccc(-c2ccc(F)cc2)c1NC(=O)O. The van der Waals surface area contributed by atoms with Crippen LogP contribution in [0.15, 0.2) is 42.5 Å². The van der Waals surface area contributed by atoms with E-state index >= 15 is 0 Å². The van der Waals surface area contributed by atoms with E-state index in [1.54, 1.807) is 18.2 Å². The summed E-state index contributed by atoms with van der Waals surface area (Å²) in [5.74, 6) is -0.320. The maximum Gasteiger partial charge on any atom is 0.409 e. The molecule has 0 saturated carbocycles. The van der Waals surface area contributed by atoms with Gasteiger partial charge in [-0.1, -0.05) is 30.3 Å². The van der Waals surface area contributed by atoms with E-state index in [0.29, 0.717) is 5.69 Å². The third-order valence-corrected chi connectivity index (χ3v) is 2.66. The summed E-state index contributed by atoms with van der Waals surface area (Å²) in [6.45, 7) is 1.82. The van der Waals surface area contributed by atoms with Crippen molar-refractivity contribution in [1.82, 2.24) is 0 Å². The molecule has 1 amide bonds. The number of nitrogens with one attached hydrogen (secondary N) is 1. The molecule has 0 spiro atoms. The lowest BCUT2D eigenvalue weighted by molar-refractivity contribution is 0.209. The number of para-hydroxylation sites is 1. The van der Waals surface area contributed by atoms with Gasteiger partial charge >= 0.3 is 6.09 Å². The molecule has 3 nitrogen and oxygen atoms in total. The molecule has 0 unspecified atom stereocenters. The summed E-state index contributed by atoms with van der Waals surface area (Å²) in [5, 5.41) is 11.2. The Labute approximate surface area is 104 Å². The molecule has 0 heterocycles. The van der Waals surface area contributed by atoms with Crippen molar-refractivity contribution in [3.63, 3.8) is 0 Å². The standard InChI is InChI=1S/C14H12FNO2/c1-9-3-2-4-12(13(9)16-14(17)18)10-5-7-11(15)8-6-10/h2-8,16H,1H3,(H,17,18). The minimum atomic E-state index is -1.12. The molecule has 2 aromatic carbocycles. The van der Waals surface area contributed by atoms with Crippen LogP contribution in [-0.4, -0.2) is 11.2 Å². The highest BCUT2D eigenvalue weighted by Gasteiger charge is 2.10. The van der Waals surface area contributed by atoms with Crippen LogP contribution in [0.1, 0.15) is 5.56 Å². The van der Waals surface area contributed by atoms with Crippen molar-refractivity contribution >= 4 is 11.8 Å². The minimum absolute atomic E-state index is 0.320. The van der Waals surface area contributed by atoms with E-state index in [4.69, 9.17) is 5.11 Å². The summed E-state index contributed by atoms with van der Waals surface area (Å²) in [7, 11) is 0. The molecule has 4 heteroatoms. The molecule has 0 aliphatic heterocycles. The van der Waals surface area contributed by atoms with Crippen molar-refractivity contribution in [2.75, 3.05) is 5.32 Å². The van der Waals surface area contributed by atoms with E-state index in [9.17, 15) is 9.18 Å². The van der Waals surface area contributed by atoms with Crippen LogP contribution < -0.4 is 5.32 Å². The number of carboxylic acid groups (broad SMARTS) is 1. The topological polar surface area (TPSA) is 49.3 Å². The second-order valence-electron chi connectivity index (χ2n) is 3.93. The van der Waals surface area contributed by atoms with Crippen LogP contribution in [0.3, 0.4) is 0 Å². The second-order valence-corrected chi connectivity index (χ2v) is 3.93. The molecular formula is C14H12FNO2. The van der Waals surface area contributed by atoms with Crippen LogP contribution in [0, 0.1) is 12.7 Å². The number of benzene rings is 2. The molecular weight excluding hydrogens is 233 g/mol. The lowest BCUT2D eigenvalue weighted by Crippen LogP contribution is -2.09. The molecule has 92 valence electrons. The Morgan fingerprint density at radius 2 is 1.83 bits per heavy atom. The molecule has 0 atom stereocenters. The fourth-order valence-corrected chi connectivity index (χ4v) is 1.81. The zero-order valence-corrected chi connectivity index (χ0v) is 9.77. The summed E-state index contributed by atoms with van der Waals surface area (Å²) in [5.41, 5.74) is 2.84. The van der Waals surface area contributed by atoms with Gasteiger partial charge in [0.25, 0.3) is 0 Å². The first-order chi connectivity index (χ1) is 8.58. The van der Waals surface area contributed by atoms with E-state index in [-0.39, 0.29) is 5.82 Å². The summed E-state index contributed by atoms with van der Waals surface area (Å²) in [6.07, 6.45) is -1.12. The average molecular weight is 245 g/mol. The van der Waals surface area contributed by atoms with Crippen molar-refractivity contribution in [3.05, 3.63) is 53.8 Å². The Kier molecular flexibility index (Phi) is 3.28. The van der Waals surface area contributed by atoms with Crippen molar-refractivity contribution in [2.24, 2.45) is 0 Å². The number of rotatable bonds is 2. The Hall–Kier alpha value is -2.36. The summed E-state index contributed by atoms with van der Waals surface area (Å²) >= 11 is 0. The monoisotopic (exact) mass is 245 g/mol. The van der Waals surface area contributed by atoms with Gasteiger partial charge in [-0.2, -0.15) is 0 Å². The predicted molar refractivity (Wildman–Crippen MR) is 68.2 cm³/mol. The van der Waals surface area contributed by atoms with Crippen LogP contribution in [0.5, 0.6) is 0 Å². The fraction of sp³-hybridized carbons (Fsp3) is 0.0714. The zero-order chi connectivity index (χ0) is 13.1. The highest BCUT2D eigenvalue weighted by atomic mass is 19.1. The maximum atomic E-state index is 12.9. The van der Waals surface area contributed by atoms with E-state index < -0.39 is 6.09 Å². The largest absolute Gasteiger partial charge is 0.465 e. The van der Waals surface area contributed by atoms with Gasteiger partial charge in [0.2, 0.25) is 0 Å². The number of amides is 1. The highest BCUT2D eigenvalue weighted by Crippen LogP contribution is 2.30. The Morgan fingerprint density at radius 3 is 2.44 bits per heavy atom. The molecule has 0 saturated heterocycles. The molecule has 0 fully saturated rings. The van der Waals surface area contributed by atoms with Crippen LogP contribution in [-0.2, 0) is 0 Å². The first kappa shape index (κ1) is 12.1. The molecule has 2 aromatic rings. The molecule has 0 aliphatic carbocycles. The number of halogens is 1. The van der Waals surface area contributed by atoms with Gasteiger partial charge in [0.15, 0.2) is 0 Å². The maximum absolute atomic E-state index is 12.9. The van der Waals surface area contributed by atoms with Gasteiger partial charge in [0.1, 0.15) is 5.82 Å². The summed E-state index contributed by atoms with van der Waals surface area (Å²) < 4.78 is 12.9. The second kappa shape index (κ2) is 4.87. The number of hydrogen-bond donors (Lipinski definition) is 2. The first-order valence-electron chi connectivity index (χ1n) is 5.43. The highest BCUT2D eigenvalue weighted by molar-refractivity contribution is 5.91. The van der Waals surface area contributed by atoms with Crippen molar-refractivity contribution in [2.45, 2.75) is 6.92 Å². The molecule has 2 N–H and O–H groups in total. The van der Waals surface area contributed by atoms with Crippen LogP contribution in [0.2, 0.25) is 0 Å². The normalized spacial score (nSPS) is 10.1. The van der Waals surface area contributed by atoms with Gasteiger partial charge < -0.3 is 5.11 Å². The lowest BCUT2D eigenvalue weighted by Gasteiger charge is -2.12. The molecule has 0 radical (unpaired) electrons. The van der Waals surface area contributed by atoms with Crippen molar-refractivity contribution < 1.29 is 14.3 Å². The molecule has 18 heavy (non-hydrogen) atoms. The van der Waals surface area contributed by atoms with Gasteiger partial charge in [-0.3, -0.25) is 5.32 Å². The number of hydrogen-bond acceptors (Lipinski definition) is 1. The summed E-state index contributed by atoms with van der Waals surface area (Å²) in [4.78, 5) is 10.8. The number of anilines is 1. The van der Waals surface area contributed by atoms with Crippen LogP contribution in [0.4, 0.5) is 14.9 Å². The first-order valence-corrected chi connectivity index (χ1v) is 5.43. The predicted octanol–water partition coefficient (Wildman–Crippen LogP) is 3.89. The van der Waals surface area contributed by atoms with E-state index in [1.165, 1.54) is 12.1 Å². The quantitative estimate of drug-likeness (QED) is 0.843. The molecule has 2 rings (SSSR count). The molecule has 0 aromatic heterocycles.